The summed E-state index contributed by atoms with van der Waals surface area (Å²) in [5.41, 5.74) is -1.83. The predicted molar refractivity (Wildman–Crippen MR) is 123 cm³/mol. The number of anilines is 1. The molecule has 1 aromatic heterocycles. The number of aromatic nitrogens is 2. The van der Waals surface area contributed by atoms with Crippen LogP contribution in [0.5, 0.6) is 5.75 Å². The summed E-state index contributed by atoms with van der Waals surface area (Å²) < 4.78 is 80.1. The largest absolute Gasteiger partial charge is 0.494 e. The molecule has 0 aliphatic heterocycles. The Morgan fingerprint density at radius 1 is 1.05 bits per heavy atom. The minimum Gasteiger partial charge on any atom is -0.494 e. The van der Waals surface area contributed by atoms with E-state index in [1.54, 1.807) is 6.92 Å². The van der Waals surface area contributed by atoms with Gasteiger partial charge < -0.3 is 14.8 Å². The summed E-state index contributed by atoms with van der Waals surface area (Å²) in [5.74, 6) is -3.62. The maximum Gasteiger partial charge on any atom is 0.416 e. The lowest BCUT2D eigenvalue weighted by Gasteiger charge is -2.15. The third kappa shape index (κ3) is 7.76. The molecule has 0 atom stereocenters. The van der Waals surface area contributed by atoms with Gasteiger partial charge in [0.2, 0.25) is 0 Å². The molecule has 37 heavy (non-hydrogen) atoms. The number of unbranched alkanes of at least 4 members (excludes halogenated alkanes) is 1. The van der Waals surface area contributed by atoms with Gasteiger partial charge in [-0.05, 0) is 49.6 Å². The second kappa shape index (κ2) is 12.3. The summed E-state index contributed by atoms with van der Waals surface area (Å²) in [4.78, 5) is 23.5. The van der Waals surface area contributed by atoms with Gasteiger partial charge in [-0.1, -0.05) is 12.1 Å². The van der Waals surface area contributed by atoms with Gasteiger partial charge in [0.25, 0.3) is 5.91 Å². The molecule has 12 heteroatoms. The van der Waals surface area contributed by atoms with Crippen molar-refractivity contribution in [2.75, 3.05) is 18.5 Å². The molecule has 0 fully saturated rings. The lowest BCUT2D eigenvalue weighted by Crippen LogP contribution is -2.17. The van der Waals surface area contributed by atoms with Crippen LogP contribution in [0.1, 0.15) is 47.7 Å². The van der Waals surface area contributed by atoms with E-state index in [0.717, 1.165) is 28.9 Å². The zero-order valence-corrected chi connectivity index (χ0v) is 19.8. The first kappa shape index (κ1) is 27.6. The van der Waals surface area contributed by atoms with Crippen LogP contribution in [0.3, 0.4) is 0 Å². The zero-order chi connectivity index (χ0) is 27.0. The highest BCUT2D eigenvalue weighted by molar-refractivity contribution is 6.04. The van der Waals surface area contributed by atoms with E-state index in [9.17, 15) is 31.5 Å². The van der Waals surface area contributed by atoms with Crippen LogP contribution in [-0.4, -0.2) is 34.9 Å². The topological polar surface area (TPSA) is 82.5 Å². The van der Waals surface area contributed by atoms with E-state index >= 15 is 0 Å². The first-order valence-corrected chi connectivity index (χ1v) is 11.4. The molecule has 0 unspecified atom stereocenters. The Labute approximate surface area is 209 Å². The van der Waals surface area contributed by atoms with Gasteiger partial charge in [-0.25, -0.2) is 8.78 Å². The van der Waals surface area contributed by atoms with Crippen molar-refractivity contribution in [3.05, 3.63) is 77.0 Å². The summed E-state index contributed by atoms with van der Waals surface area (Å²) >= 11 is 0. The van der Waals surface area contributed by atoms with Crippen LogP contribution < -0.4 is 10.1 Å². The lowest BCUT2D eigenvalue weighted by atomic mass is 10.1. The number of alkyl halides is 3. The maximum absolute atomic E-state index is 13.8. The van der Waals surface area contributed by atoms with Crippen molar-refractivity contribution >= 4 is 17.7 Å². The average Bonchev–Trinajstić information content (AvgIpc) is 3.25. The van der Waals surface area contributed by atoms with E-state index in [1.165, 1.54) is 24.4 Å². The SMILES string of the molecule is CCOC(=O)CCCCOc1ccc(Cn2ccc(NC(=O)c3c(F)cccc3F)n2)c(C(F)(F)F)c1. The second-order valence-corrected chi connectivity index (χ2v) is 7.88. The van der Waals surface area contributed by atoms with Gasteiger partial charge in [0, 0.05) is 18.7 Å². The summed E-state index contributed by atoms with van der Waals surface area (Å²) in [6, 6.07) is 7.77. The highest BCUT2D eigenvalue weighted by Crippen LogP contribution is 2.35. The van der Waals surface area contributed by atoms with Gasteiger partial charge in [-0.15, -0.1) is 0 Å². The first-order valence-electron chi connectivity index (χ1n) is 11.4. The molecular weight excluding hydrogens is 501 g/mol. The lowest BCUT2D eigenvalue weighted by molar-refractivity contribution is -0.143. The fourth-order valence-electron chi connectivity index (χ4n) is 3.43. The Hall–Kier alpha value is -3.96. The Morgan fingerprint density at radius 2 is 1.78 bits per heavy atom. The van der Waals surface area contributed by atoms with E-state index < -0.39 is 34.8 Å². The van der Waals surface area contributed by atoms with Crippen molar-refractivity contribution in [3.63, 3.8) is 0 Å². The molecule has 1 heterocycles. The number of nitrogens with zero attached hydrogens (tertiary/aromatic N) is 2. The molecule has 0 aliphatic rings. The van der Waals surface area contributed by atoms with Gasteiger partial charge in [0.1, 0.15) is 22.9 Å². The number of hydrogen-bond acceptors (Lipinski definition) is 5. The molecule has 3 rings (SSSR count). The van der Waals surface area contributed by atoms with Gasteiger partial charge >= 0.3 is 12.1 Å². The first-order chi connectivity index (χ1) is 17.6. The van der Waals surface area contributed by atoms with Crippen LogP contribution >= 0.6 is 0 Å². The molecule has 3 aromatic rings. The van der Waals surface area contributed by atoms with Crippen molar-refractivity contribution in [2.45, 2.75) is 38.9 Å². The summed E-state index contributed by atoms with van der Waals surface area (Å²) in [6.07, 6.45) is -2.22. The molecule has 0 radical (unpaired) electrons. The van der Waals surface area contributed by atoms with Gasteiger partial charge in [0.05, 0.1) is 25.3 Å². The number of nitrogens with one attached hydrogen (secondary N) is 1. The van der Waals surface area contributed by atoms with E-state index in [0.29, 0.717) is 12.8 Å². The monoisotopic (exact) mass is 525 g/mol. The predicted octanol–water partition coefficient (Wildman–Crippen LogP) is 5.59. The van der Waals surface area contributed by atoms with Crippen LogP contribution in [-0.2, 0) is 22.3 Å². The summed E-state index contributed by atoms with van der Waals surface area (Å²) in [7, 11) is 0. The fourth-order valence-corrected chi connectivity index (χ4v) is 3.43. The number of hydrogen-bond donors (Lipinski definition) is 1. The highest BCUT2D eigenvalue weighted by Gasteiger charge is 2.34. The molecule has 2 aromatic carbocycles. The van der Waals surface area contributed by atoms with Crippen molar-refractivity contribution in [3.8, 4) is 5.75 Å². The Morgan fingerprint density at radius 3 is 2.46 bits per heavy atom. The number of carbonyl (C=O) groups excluding carboxylic acids is 2. The minimum absolute atomic E-state index is 0.0209. The van der Waals surface area contributed by atoms with E-state index in [-0.39, 0.29) is 49.3 Å². The van der Waals surface area contributed by atoms with Crippen LogP contribution in [0.15, 0.2) is 48.7 Å². The maximum atomic E-state index is 13.8. The number of ether oxygens (including phenoxy) is 2. The van der Waals surface area contributed by atoms with Crippen molar-refractivity contribution < 1.29 is 41.0 Å². The standard InChI is InChI=1S/C25H24F5N3O4/c1-2-36-22(34)8-3-4-13-37-17-10-9-16(18(14-17)25(28,29)30)15-33-12-11-21(32-33)31-24(35)23-19(26)6-5-7-20(23)27/h5-7,9-12,14H,2-4,8,13,15H2,1H3,(H,31,32,35). The third-order valence-corrected chi connectivity index (χ3v) is 5.14. The van der Waals surface area contributed by atoms with Gasteiger partial charge in [-0.2, -0.15) is 18.3 Å². The minimum atomic E-state index is -4.68. The molecule has 0 bridgehead atoms. The normalized spacial score (nSPS) is 11.3. The second-order valence-electron chi connectivity index (χ2n) is 7.88. The molecule has 1 amide bonds. The molecule has 0 spiro atoms. The number of esters is 1. The summed E-state index contributed by atoms with van der Waals surface area (Å²) in [6.45, 7) is 1.81. The summed E-state index contributed by atoms with van der Waals surface area (Å²) in [5, 5.41) is 6.20. The van der Waals surface area contributed by atoms with Crippen LogP contribution in [0.4, 0.5) is 27.8 Å². The molecule has 0 saturated carbocycles. The van der Waals surface area contributed by atoms with Gasteiger partial charge in [0.15, 0.2) is 5.82 Å². The van der Waals surface area contributed by atoms with Gasteiger partial charge in [-0.3, -0.25) is 14.3 Å². The van der Waals surface area contributed by atoms with E-state index in [1.807, 2.05) is 0 Å². The van der Waals surface area contributed by atoms with Crippen LogP contribution in [0.2, 0.25) is 0 Å². The third-order valence-electron chi connectivity index (χ3n) is 5.14. The molecule has 7 nitrogen and oxygen atoms in total. The molecule has 0 saturated heterocycles. The molecular formula is C25H24F5N3O4. The van der Waals surface area contributed by atoms with Crippen LogP contribution in [0, 0.1) is 11.6 Å². The molecule has 0 aliphatic carbocycles. The highest BCUT2D eigenvalue weighted by atomic mass is 19.4. The number of rotatable bonds is 11. The van der Waals surface area contributed by atoms with Crippen molar-refractivity contribution in [2.24, 2.45) is 0 Å². The van der Waals surface area contributed by atoms with Crippen molar-refractivity contribution in [1.29, 1.82) is 0 Å². The average molecular weight is 525 g/mol. The quantitative estimate of drug-likeness (QED) is 0.200. The Balaban J connectivity index is 1.64. The fraction of sp³-hybridized carbons (Fsp3) is 0.320. The number of amides is 1. The number of halogens is 5. The van der Waals surface area contributed by atoms with E-state index in [2.05, 4.69) is 10.4 Å². The smallest absolute Gasteiger partial charge is 0.416 e. The van der Waals surface area contributed by atoms with E-state index in [4.69, 9.17) is 9.47 Å². The number of benzene rings is 2. The van der Waals surface area contributed by atoms with Crippen molar-refractivity contribution in [1.82, 2.24) is 9.78 Å². The molecule has 198 valence electrons. The van der Waals surface area contributed by atoms with Crippen LogP contribution in [0.25, 0.3) is 0 Å². The zero-order valence-electron chi connectivity index (χ0n) is 19.8. The molecule has 1 N–H and O–H groups in total. The Kier molecular flexibility index (Phi) is 9.20. The number of carbonyl (C=O) groups is 2. The Bertz CT molecular complexity index is 1220.